The van der Waals surface area contributed by atoms with E-state index >= 15 is 0 Å². The van der Waals surface area contributed by atoms with E-state index in [1.165, 1.54) is 24.3 Å². The normalized spacial score (nSPS) is 17.1. The molecule has 1 aromatic rings. The molecule has 0 aliphatic carbocycles. The molecule has 6 heteroatoms. The predicted octanol–water partition coefficient (Wildman–Crippen LogP) is 2.57. The van der Waals surface area contributed by atoms with Crippen LogP contribution in [0.1, 0.15) is 50.4 Å². The van der Waals surface area contributed by atoms with Crippen LogP contribution in [0.5, 0.6) is 0 Å². The Bertz CT molecular complexity index is 596. The SMILES string of the molecule is CCCN1CCC(NC(=O)C(NC(=O)c2ccc(F)cc2)C(C)C)CC1. The van der Waals surface area contributed by atoms with Gasteiger partial charge in [0.2, 0.25) is 5.91 Å². The molecule has 0 spiro atoms. The van der Waals surface area contributed by atoms with Crippen LogP contribution in [-0.4, -0.2) is 48.4 Å². The van der Waals surface area contributed by atoms with Gasteiger partial charge in [0.05, 0.1) is 0 Å². The Balaban J connectivity index is 1.91. The molecule has 1 saturated heterocycles. The molecule has 1 fully saturated rings. The molecular formula is C20H30FN3O2. The Morgan fingerprint density at radius 1 is 1.19 bits per heavy atom. The zero-order valence-corrected chi connectivity index (χ0v) is 15.9. The van der Waals surface area contributed by atoms with Gasteiger partial charge in [-0.25, -0.2) is 4.39 Å². The van der Waals surface area contributed by atoms with Gasteiger partial charge in [-0.3, -0.25) is 9.59 Å². The van der Waals surface area contributed by atoms with Crippen LogP contribution in [0.25, 0.3) is 0 Å². The van der Waals surface area contributed by atoms with E-state index in [1.54, 1.807) is 0 Å². The summed E-state index contributed by atoms with van der Waals surface area (Å²) < 4.78 is 13.0. The first-order chi connectivity index (χ1) is 12.4. The molecule has 1 unspecified atom stereocenters. The zero-order chi connectivity index (χ0) is 19.1. The number of carbonyl (C=O) groups excluding carboxylic acids is 2. The van der Waals surface area contributed by atoms with Gasteiger partial charge in [-0.2, -0.15) is 0 Å². The van der Waals surface area contributed by atoms with Crippen LogP contribution in [0.3, 0.4) is 0 Å². The van der Waals surface area contributed by atoms with Gasteiger partial charge in [0.25, 0.3) is 5.91 Å². The van der Waals surface area contributed by atoms with Gasteiger partial charge in [0.15, 0.2) is 0 Å². The van der Waals surface area contributed by atoms with E-state index in [9.17, 15) is 14.0 Å². The molecule has 0 saturated carbocycles. The lowest BCUT2D eigenvalue weighted by Crippen LogP contribution is -2.54. The number of amides is 2. The highest BCUT2D eigenvalue weighted by molar-refractivity contribution is 5.97. The summed E-state index contributed by atoms with van der Waals surface area (Å²) >= 11 is 0. The summed E-state index contributed by atoms with van der Waals surface area (Å²) in [7, 11) is 0. The second kappa shape index (κ2) is 9.67. The maximum Gasteiger partial charge on any atom is 0.251 e. The monoisotopic (exact) mass is 363 g/mol. The van der Waals surface area contributed by atoms with Crippen molar-refractivity contribution in [3.8, 4) is 0 Å². The van der Waals surface area contributed by atoms with Gasteiger partial charge in [-0.15, -0.1) is 0 Å². The quantitative estimate of drug-likeness (QED) is 0.783. The first-order valence-electron chi connectivity index (χ1n) is 9.49. The highest BCUT2D eigenvalue weighted by Gasteiger charge is 2.28. The molecule has 1 aromatic carbocycles. The minimum Gasteiger partial charge on any atom is -0.351 e. The lowest BCUT2D eigenvalue weighted by Gasteiger charge is -2.33. The largest absolute Gasteiger partial charge is 0.351 e. The summed E-state index contributed by atoms with van der Waals surface area (Å²) in [6, 6.07) is 4.86. The second-order valence-electron chi connectivity index (χ2n) is 7.33. The smallest absolute Gasteiger partial charge is 0.251 e. The van der Waals surface area contributed by atoms with Crippen LogP contribution in [0, 0.1) is 11.7 Å². The van der Waals surface area contributed by atoms with E-state index in [2.05, 4.69) is 22.5 Å². The minimum absolute atomic E-state index is 0.0421. The summed E-state index contributed by atoms with van der Waals surface area (Å²) in [4.78, 5) is 27.5. The summed E-state index contributed by atoms with van der Waals surface area (Å²) in [5, 5.41) is 5.88. The summed E-state index contributed by atoms with van der Waals surface area (Å²) in [5.41, 5.74) is 0.345. The summed E-state index contributed by atoms with van der Waals surface area (Å²) in [6.07, 6.45) is 3.01. The van der Waals surface area contributed by atoms with Crippen molar-refractivity contribution >= 4 is 11.8 Å². The minimum atomic E-state index is -0.610. The number of rotatable bonds is 7. The zero-order valence-electron chi connectivity index (χ0n) is 15.9. The number of nitrogens with one attached hydrogen (secondary N) is 2. The van der Waals surface area contributed by atoms with Gasteiger partial charge in [0.1, 0.15) is 11.9 Å². The highest BCUT2D eigenvalue weighted by Crippen LogP contribution is 2.12. The Morgan fingerprint density at radius 3 is 2.35 bits per heavy atom. The van der Waals surface area contributed by atoms with Gasteiger partial charge >= 0.3 is 0 Å². The molecule has 1 atom stereocenters. The van der Waals surface area contributed by atoms with Crippen LogP contribution < -0.4 is 10.6 Å². The maximum atomic E-state index is 13.0. The average molecular weight is 363 g/mol. The molecule has 1 aliphatic rings. The lowest BCUT2D eigenvalue weighted by molar-refractivity contribution is -0.125. The van der Waals surface area contributed by atoms with Crippen molar-refractivity contribution in [1.29, 1.82) is 0 Å². The van der Waals surface area contributed by atoms with E-state index in [4.69, 9.17) is 0 Å². The first kappa shape index (κ1) is 20.4. The van der Waals surface area contributed by atoms with Crippen molar-refractivity contribution in [2.45, 2.75) is 52.1 Å². The van der Waals surface area contributed by atoms with Crippen molar-refractivity contribution in [2.24, 2.45) is 5.92 Å². The number of hydrogen-bond donors (Lipinski definition) is 2. The van der Waals surface area contributed by atoms with Crippen LogP contribution in [0.15, 0.2) is 24.3 Å². The van der Waals surface area contributed by atoms with E-state index < -0.39 is 11.9 Å². The topological polar surface area (TPSA) is 61.4 Å². The third-order valence-electron chi connectivity index (χ3n) is 4.82. The fourth-order valence-electron chi connectivity index (χ4n) is 3.27. The molecule has 2 amide bonds. The van der Waals surface area contributed by atoms with Gasteiger partial charge in [-0.1, -0.05) is 20.8 Å². The molecule has 0 radical (unpaired) electrons. The van der Waals surface area contributed by atoms with E-state index in [0.29, 0.717) is 5.56 Å². The summed E-state index contributed by atoms with van der Waals surface area (Å²) in [5.74, 6) is -0.949. The number of carbonyl (C=O) groups is 2. The number of benzene rings is 1. The molecular weight excluding hydrogens is 333 g/mol. The molecule has 0 bridgehead atoms. The molecule has 2 N–H and O–H groups in total. The number of piperidine rings is 1. The predicted molar refractivity (Wildman–Crippen MR) is 100 cm³/mol. The fourth-order valence-corrected chi connectivity index (χ4v) is 3.27. The van der Waals surface area contributed by atoms with Crippen molar-refractivity contribution in [3.05, 3.63) is 35.6 Å². The molecule has 5 nitrogen and oxygen atoms in total. The Hall–Kier alpha value is -1.95. The molecule has 1 heterocycles. The van der Waals surface area contributed by atoms with Crippen molar-refractivity contribution in [1.82, 2.24) is 15.5 Å². The van der Waals surface area contributed by atoms with Gasteiger partial charge in [-0.05, 0) is 56.0 Å². The van der Waals surface area contributed by atoms with Crippen molar-refractivity contribution in [3.63, 3.8) is 0 Å². The van der Waals surface area contributed by atoms with Crippen LogP contribution in [0.2, 0.25) is 0 Å². The number of likely N-dealkylation sites (tertiary alicyclic amines) is 1. The van der Waals surface area contributed by atoms with Gasteiger partial charge < -0.3 is 15.5 Å². The van der Waals surface area contributed by atoms with Crippen LogP contribution >= 0.6 is 0 Å². The third-order valence-corrected chi connectivity index (χ3v) is 4.82. The summed E-state index contributed by atoms with van der Waals surface area (Å²) in [6.45, 7) is 9.06. The maximum absolute atomic E-state index is 13.0. The first-order valence-corrected chi connectivity index (χ1v) is 9.49. The number of hydrogen-bond acceptors (Lipinski definition) is 3. The highest BCUT2D eigenvalue weighted by atomic mass is 19.1. The number of nitrogens with zero attached hydrogens (tertiary/aromatic N) is 1. The van der Waals surface area contributed by atoms with Crippen molar-refractivity contribution < 1.29 is 14.0 Å². The van der Waals surface area contributed by atoms with Gasteiger partial charge in [0, 0.05) is 24.7 Å². The molecule has 0 aromatic heterocycles. The molecule has 2 rings (SSSR count). The van der Waals surface area contributed by atoms with Crippen molar-refractivity contribution in [2.75, 3.05) is 19.6 Å². The molecule has 26 heavy (non-hydrogen) atoms. The number of halogens is 1. The van der Waals surface area contributed by atoms with E-state index in [0.717, 1.165) is 38.9 Å². The van der Waals surface area contributed by atoms with Crippen LogP contribution in [0.4, 0.5) is 4.39 Å². The van der Waals surface area contributed by atoms with E-state index in [1.807, 2.05) is 13.8 Å². The Kier molecular flexibility index (Phi) is 7.57. The van der Waals surface area contributed by atoms with E-state index in [-0.39, 0.29) is 23.8 Å². The van der Waals surface area contributed by atoms with Crippen LogP contribution in [-0.2, 0) is 4.79 Å². The Labute approximate surface area is 155 Å². The standard InChI is InChI=1S/C20H30FN3O2/c1-4-11-24-12-9-17(10-13-24)22-20(26)18(14(2)3)23-19(25)15-5-7-16(21)8-6-15/h5-8,14,17-18H,4,9-13H2,1-3H3,(H,22,26)(H,23,25). The Morgan fingerprint density at radius 2 is 1.81 bits per heavy atom. The molecule has 144 valence electrons. The third kappa shape index (κ3) is 5.80. The second-order valence-corrected chi connectivity index (χ2v) is 7.33. The fraction of sp³-hybridized carbons (Fsp3) is 0.600. The lowest BCUT2D eigenvalue weighted by atomic mass is 10.00. The average Bonchev–Trinajstić information content (AvgIpc) is 2.61. The molecule has 1 aliphatic heterocycles.